The fraction of sp³-hybridized carbons (Fsp3) is 0.444. The van der Waals surface area contributed by atoms with Crippen LogP contribution in [0.4, 0.5) is 0 Å². The molecule has 26 heavy (non-hydrogen) atoms. The van der Waals surface area contributed by atoms with Crippen molar-refractivity contribution in [3.8, 4) is 0 Å². The largest absolute Gasteiger partial charge is 0.478 e. The predicted octanol–water partition coefficient (Wildman–Crippen LogP) is 0.989. The standard InChI is InChI=1S/C14H21N3O.C4H4O4/c1-16(2)8-6-11-9-13-12(5-4-7-15-13)14(18)17(3)10-11;5-3(6)1-2-4(7)8/h4-5,7,11H,6,8-10H2,1-3H3;1-2H,(H,5,6)(H,7,8)/b;2-1+. The Balaban J connectivity index is 0.000000359. The van der Waals surface area contributed by atoms with Crippen LogP contribution in [0, 0.1) is 5.92 Å². The second-order valence-corrected chi connectivity index (χ2v) is 6.36. The molecule has 0 saturated heterocycles. The van der Waals surface area contributed by atoms with Gasteiger partial charge in [-0.1, -0.05) is 0 Å². The Morgan fingerprint density at radius 1 is 1.31 bits per heavy atom. The van der Waals surface area contributed by atoms with E-state index in [1.54, 1.807) is 6.20 Å². The summed E-state index contributed by atoms with van der Waals surface area (Å²) in [6.07, 6.45) is 4.89. The molecule has 1 aromatic rings. The Labute approximate surface area is 152 Å². The molecule has 1 amide bonds. The van der Waals surface area contributed by atoms with Gasteiger partial charge in [-0.2, -0.15) is 0 Å². The van der Waals surface area contributed by atoms with Gasteiger partial charge in [0.2, 0.25) is 0 Å². The average molecular weight is 363 g/mol. The van der Waals surface area contributed by atoms with Crippen LogP contribution in [-0.2, 0) is 16.0 Å². The maximum Gasteiger partial charge on any atom is 0.328 e. The molecule has 2 rings (SSSR count). The highest BCUT2D eigenvalue weighted by atomic mass is 16.4. The quantitative estimate of drug-likeness (QED) is 0.750. The third-order valence-corrected chi connectivity index (χ3v) is 3.83. The SMILES string of the molecule is CN(C)CCC1Cc2ncccc2C(=O)N(C)C1.O=C(O)/C=C/C(=O)O. The van der Waals surface area contributed by atoms with Gasteiger partial charge in [0.25, 0.3) is 5.91 Å². The van der Waals surface area contributed by atoms with Gasteiger partial charge in [0.05, 0.1) is 11.3 Å². The van der Waals surface area contributed by atoms with E-state index in [2.05, 4.69) is 24.0 Å². The lowest BCUT2D eigenvalue weighted by molar-refractivity contribution is -0.134. The van der Waals surface area contributed by atoms with Gasteiger partial charge >= 0.3 is 11.9 Å². The Hall–Kier alpha value is -2.74. The average Bonchev–Trinajstić information content (AvgIpc) is 2.69. The summed E-state index contributed by atoms with van der Waals surface area (Å²) in [6, 6.07) is 3.72. The molecule has 0 saturated carbocycles. The number of fused-ring (bicyclic) bond motifs is 1. The van der Waals surface area contributed by atoms with Crippen LogP contribution in [0.2, 0.25) is 0 Å². The van der Waals surface area contributed by atoms with Crippen LogP contribution in [0.15, 0.2) is 30.5 Å². The molecular formula is C18H25N3O5. The van der Waals surface area contributed by atoms with Crippen LogP contribution >= 0.6 is 0 Å². The minimum absolute atomic E-state index is 0.102. The van der Waals surface area contributed by atoms with Crippen molar-refractivity contribution >= 4 is 17.8 Å². The minimum Gasteiger partial charge on any atom is -0.478 e. The number of aromatic nitrogens is 1. The lowest BCUT2D eigenvalue weighted by atomic mass is 9.98. The summed E-state index contributed by atoms with van der Waals surface area (Å²) in [5.41, 5.74) is 1.72. The van der Waals surface area contributed by atoms with Crippen molar-refractivity contribution in [2.45, 2.75) is 12.8 Å². The molecule has 1 aliphatic heterocycles. The van der Waals surface area contributed by atoms with Crippen LogP contribution in [0.1, 0.15) is 22.5 Å². The molecule has 2 N–H and O–H groups in total. The van der Waals surface area contributed by atoms with Crippen molar-refractivity contribution in [2.75, 3.05) is 34.2 Å². The third-order valence-electron chi connectivity index (χ3n) is 3.83. The monoisotopic (exact) mass is 363 g/mol. The van der Waals surface area contributed by atoms with Crippen LogP contribution in [0.25, 0.3) is 0 Å². The first-order chi connectivity index (χ1) is 12.2. The summed E-state index contributed by atoms with van der Waals surface area (Å²) in [6.45, 7) is 1.87. The lowest BCUT2D eigenvalue weighted by Gasteiger charge is -2.21. The number of hydrogen-bond donors (Lipinski definition) is 2. The first kappa shape index (κ1) is 21.3. The van der Waals surface area contributed by atoms with Crippen LogP contribution in [0.5, 0.6) is 0 Å². The molecule has 1 unspecified atom stereocenters. The van der Waals surface area contributed by atoms with E-state index in [1.807, 2.05) is 24.1 Å². The van der Waals surface area contributed by atoms with Crippen LogP contribution in [0.3, 0.4) is 0 Å². The van der Waals surface area contributed by atoms with Gasteiger partial charge in [-0.3, -0.25) is 9.78 Å². The normalized spacial score (nSPS) is 16.7. The zero-order valence-corrected chi connectivity index (χ0v) is 15.3. The zero-order valence-electron chi connectivity index (χ0n) is 15.3. The van der Waals surface area contributed by atoms with Crippen molar-refractivity contribution in [1.82, 2.24) is 14.8 Å². The fourth-order valence-corrected chi connectivity index (χ4v) is 2.59. The summed E-state index contributed by atoms with van der Waals surface area (Å²) in [7, 11) is 6.04. The summed E-state index contributed by atoms with van der Waals surface area (Å²) in [4.78, 5) is 39.7. The Morgan fingerprint density at radius 2 is 1.92 bits per heavy atom. The number of amides is 1. The highest BCUT2D eigenvalue weighted by molar-refractivity contribution is 5.95. The number of hydrogen-bond acceptors (Lipinski definition) is 5. The van der Waals surface area contributed by atoms with E-state index in [4.69, 9.17) is 10.2 Å². The lowest BCUT2D eigenvalue weighted by Crippen LogP contribution is -2.31. The molecule has 142 valence electrons. The second kappa shape index (κ2) is 10.3. The van der Waals surface area contributed by atoms with E-state index in [9.17, 15) is 14.4 Å². The third kappa shape index (κ3) is 7.43. The van der Waals surface area contributed by atoms with Crippen LogP contribution in [-0.4, -0.2) is 77.1 Å². The predicted molar refractivity (Wildman–Crippen MR) is 96.0 cm³/mol. The number of carboxylic acid groups (broad SMARTS) is 2. The second-order valence-electron chi connectivity index (χ2n) is 6.36. The molecule has 1 aromatic heterocycles. The fourth-order valence-electron chi connectivity index (χ4n) is 2.59. The number of pyridine rings is 1. The molecular weight excluding hydrogens is 338 g/mol. The molecule has 0 bridgehead atoms. The van der Waals surface area contributed by atoms with Crippen molar-refractivity contribution < 1.29 is 24.6 Å². The molecule has 0 radical (unpaired) electrons. The highest BCUT2D eigenvalue weighted by Crippen LogP contribution is 2.21. The molecule has 2 heterocycles. The highest BCUT2D eigenvalue weighted by Gasteiger charge is 2.25. The number of aliphatic carboxylic acids is 2. The summed E-state index contributed by atoms with van der Waals surface area (Å²) < 4.78 is 0. The van der Waals surface area contributed by atoms with E-state index in [-0.39, 0.29) is 5.91 Å². The van der Waals surface area contributed by atoms with E-state index in [0.717, 1.165) is 37.2 Å². The van der Waals surface area contributed by atoms with E-state index in [0.29, 0.717) is 18.1 Å². The van der Waals surface area contributed by atoms with Crippen LogP contribution < -0.4 is 0 Å². The number of nitrogens with zero attached hydrogens (tertiary/aromatic N) is 3. The van der Waals surface area contributed by atoms with Crippen molar-refractivity contribution in [2.24, 2.45) is 5.92 Å². The van der Waals surface area contributed by atoms with Crippen molar-refractivity contribution in [3.63, 3.8) is 0 Å². The van der Waals surface area contributed by atoms with Gasteiger partial charge in [-0.05, 0) is 51.5 Å². The number of rotatable bonds is 5. The van der Waals surface area contributed by atoms with E-state index < -0.39 is 11.9 Å². The van der Waals surface area contributed by atoms with Gasteiger partial charge in [0, 0.05) is 31.9 Å². The summed E-state index contributed by atoms with van der Waals surface area (Å²) >= 11 is 0. The zero-order chi connectivity index (χ0) is 19.7. The van der Waals surface area contributed by atoms with Gasteiger partial charge in [-0.25, -0.2) is 9.59 Å². The maximum absolute atomic E-state index is 12.2. The molecule has 1 atom stereocenters. The Kier molecular flexibility index (Phi) is 8.44. The van der Waals surface area contributed by atoms with Crippen molar-refractivity contribution in [1.29, 1.82) is 0 Å². The molecule has 8 heteroatoms. The molecule has 0 aromatic carbocycles. The van der Waals surface area contributed by atoms with Gasteiger partial charge in [-0.15, -0.1) is 0 Å². The first-order valence-electron chi connectivity index (χ1n) is 8.18. The Morgan fingerprint density at radius 3 is 2.46 bits per heavy atom. The molecule has 0 aliphatic carbocycles. The van der Waals surface area contributed by atoms with Gasteiger partial charge in [0.15, 0.2) is 0 Å². The molecule has 1 aliphatic rings. The summed E-state index contributed by atoms with van der Waals surface area (Å²) in [5.74, 6) is -1.91. The maximum atomic E-state index is 12.2. The molecule has 0 spiro atoms. The molecule has 8 nitrogen and oxygen atoms in total. The first-order valence-corrected chi connectivity index (χ1v) is 8.18. The minimum atomic E-state index is -1.26. The Bertz CT molecular complexity index is 657. The molecule has 0 fully saturated rings. The topological polar surface area (TPSA) is 111 Å². The number of carbonyl (C=O) groups excluding carboxylic acids is 1. The van der Waals surface area contributed by atoms with E-state index >= 15 is 0 Å². The van der Waals surface area contributed by atoms with Gasteiger partial charge < -0.3 is 20.0 Å². The van der Waals surface area contributed by atoms with Crippen molar-refractivity contribution in [3.05, 3.63) is 41.7 Å². The summed E-state index contributed by atoms with van der Waals surface area (Å²) in [5, 5.41) is 15.6. The smallest absolute Gasteiger partial charge is 0.328 e. The number of carboxylic acids is 2. The number of carbonyl (C=O) groups is 3. The van der Waals surface area contributed by atoms with E-state index in [1.165, 1.54) is 0 Å². The van der Waals surface area contributed by atoms with Gasteiger partial charge in [0.1, 0.15) is 0 Å².